The van der Waals surface area contributed by atoms with Crippen LogP contribution < -0.4 is 9.47 Å². The first-order chi connectivity index (χ1) is 13.5. The van der Waals surface area contributed by atoms with Crippen molar-refractivity contribution in [1.82, 2.24) is 4.90 Å². The summed E-state index contributed by atoms with van der Waals surface area (Å²) in [4.78, 5) is 14.2. The molecule has 1 fully saturated rings. The molecule has 0 bridgehead atoms. The van der Waals surface area contributed by atoms with E-state index in [4.69, 9.17) is 21.7 Å². The van der Waals surface area contributed by atoms with Crippen LogP contribution in [0.3, 0.4) is 0 Å². The van der Waals surface area contributed by atoms with Gasteiger partial charge in [-0.2, -0.15) is 0 Å². The molecule has 2 aromatic carbocycles. The third kappa shape index (κ3) is 4.94. The van der Waals surface area contributed by atoms with E-state index in [9.17, 15) is 4.79 Å². The quantitative estimate of drug-likeness (QED) is 0.364. The van der Waals surface area contributed by atoms with Crippen LogP contribution in [-0.2, 0) is 4.79 Å². The van der Waals surface area contributed by atoms with Crippen LogP contribution in [0.2, 0.25) is 0 Å². The van der Waals surface area contributed by atoms with Gasteiger partial charge in [0.1, 0.15) is 15.8 Å². The van der Waals surface area contributed by atoms with Gasteiger partial charge in [-0.1, -0.05) is 54.3 Å². The van der Waals surface area contributed by atoms with Crippen LogP contribution in [0.25, 0.3) is 6.08 Å². The molecule has 2 aromatic rings. The monoisotopic (exact) mass is 413 g/mol. The maximum Gasteiger partial charge on any atom is 0.265 e. The Morgan fingerprint density at radius 2 is 1.75 bits per heavy atom. The molecule has 4 nitrogen and oxygen atoms in total. The molecule has 0 aromatic heterocycles. The first-order valence-electron chi connectivity index (χ1n) is 9.09. The topological polar surface area (TPSA) is 38.8 Å². The Labute approximate surface area is 175 Å². The van der Waals surface area contributed by atoms with Gasteiger partial charge in [-0.15, -0.1) is 0 Å². The Kier molecular flexibility index (Phi) is 6.75. The minimum Gasteiger partial charge on any atom is -0.493 e. The van der Waals surface area contributed by atoms with Gasteiger partial charge < -0.3 is 9.47 Å². The van der Waals surface area contributed by atoms with Gasteiger partial charge in [0.15, 0.2) is 0 Å². The molecule has 3 rings (SSSR count). The molecule has 1 saturated heterocycles. The smallest absolute Gasteiger partial charge is 0.265 e. The zero-order valence-corrected chi connectivity index (χ0v) is 17.9. The minimum absolute atomic E-state index is 0.0648. The van der Waals surface area contributed by atoms with Crippen LogP contribution in [0, 0.1) is 13.8 Å². The first kappa shape index (κ1) is 20.4. The van der Waals surface area contributed by atoms with E-state index in [0.717, 1.165) is 34.6 Å². The summed E-state index contributed by atoms with van der Waals surface area (Å²) in [7, 11) is 1.69. The Morgan fingerprint density at radius 3 is 2.43 bits per heavy atom. The largest absolute Gasteiger partial charge is 0.493 e. The molecule has 6 heteroatoms. The number of thiocarbonyl (C=S) groups is 1. The van der Waals surface area contributed by atoms with Crippen molar-refractivity contribution in [3.8, 4) is 11.5 Å². The summed E-state index contributed by atoms with van der Waals surface area (Å²) >= 11 is 6.48. The number of amides is 1. The van der Waals surface area contributed by atoms with Crippen molar-refractivity contribution < 1.29 is 14.3 Å². The second kappa shape index (κ2) is 9.26. The van der Waals surface area contributed by atoms with Gasteiger partial charge >= 0.3 is 0 Å². The zero-order chi connectivity index (χ0) is 20.1. The van der Waals surface area contributed by atoms with Crippen LogP contribution >= 0.6 is 24.0 Å². The molecule has 0 saturated carbocycles. The lowest BCUT2D eigenvalue weighted by Gasteiger charge is -2.12. The number of likely N-dealkylation sites (N-methyl/N-ethyl adjacent to an activating group) is 1. The molecular weight excluding hydrogens is 390 g/mol. The van der Waals surface area contributed by atoms with E-state index in [1.54, 1.807) is 7.05 Å². The number of thioether (sulfide) groups is 1. The lowest BCUT2D eigenvalue weighted by Crippen LogP contribution is -2.22. The van der Waals surface area contributed by atoms with E-state index in [0.29, 0.717) is 22.4 Å². The summed E-state index contributed by atoms with van der Waals surface area (Å²) in [5.41, 5.74) is 3.20. The number of carbonyl (C=O) groups excluding carboxylic acids is 1. The molecule has 1 heterocycles. The molecular formula is C22H23NO3S2. The van der Waals surface area contributed by atoms with Crippen LogP contribution in [0.15, 0.2) is 47.4 Å². The summed E-state index contributed by atoms with van der Waals surface area (Å²) in [5.74, 6) is 1.66. The van der Waals surface area contributed by atoms with Crippen LogP contribution in [0.4, 0.5) is 0 Å². The average molecular weight is 414 g/mol. The molecule has 1 amide bonds. The molecule has 0 aliphatic carbocycles. The number of benzene rings is 2. The second-order valence-electron chi connectivity index (χ2n) is 6.58. The summed E-state index contributed by atoms with van der Waals surface area (Å²) in [6.45, 7) is 5.27. The van der Waals surface area contributed by atoms with Crippen molar-refractivity contribution in [3.63, 3.8) is 0 Å². The van der Waals surface area contributed by atoms with E-state index in [2.05, 4.69) is 26.0 Å². The molecule has 1 aliphatic rings. The van der Waals surface area contributed by atoms with Gasteiger partial charge in [-0.25, -0.2) is 0 Å². The number of ether oxygens (including phenoxy) is 2. The van der Waals surface area contributed by atoms with Crippen molar-refractivity contribution in [2.24, 2.45) is 0 Å². The molecule has 0 atom stereocenters. The van der Waals surface area contributed by atoms with Crippen molar-refractivity contribution >= 4 is 40.3 Å². The van der Waals surface area contributed by atoms with Gasteiger partial charge in [-0.3, -0.25) is 9.69 Å². The number of hydrogen-bond donors (Lipinski definition) is 0. The Hall–Kier alpha value is -2.31. The summed E-state index contributed by atoms with van der Waals surface area (Å²) in [6.07, 6.45) is 2.63. The Morgan fingerprint density at radius 1 is 1.07 bits per heavy atom. The molecule has 0 spiro atoms. The van der Waals surface area contributed by atoms with E-state index in [-0.39, 0.29) is 5.91 Å². The van der Waals surface area contributed by atoms with Crippen molar-refractivity contribution in [2.45, 2.75) is 20.3 Å². The summed E-state index contributed by atoms with van der Waals surface area (Å²) in [6, 6.07) is 13.8. The highest BCUT2D eigenvalue weighted by atomic mass is 32.2. The minimum atomic E-state index is -0.0648. The fraction of sp³-hybridized carbons (Fsp3) is 0.273. The number of para-hydroxylation sites is 1. The summed E-state index contributed by atoms with van der Waals surface area (Å²) < 4.78 is 12.3. The van der Waals surface area contributed by atoms with E-state index in [1.165, 1.54) is 16.7 Å². The summed E-state index contributed by atoms with van der Waals surface area (Å²) in [5, 5.41) is 0. The van der Waals surface area contributed by atoms with Crippen molar-refractivity contribution in [2.75, 3.05) is 20.3 Å². The third-order valence-electron chi connectivity index (χ3n) is 4.35. The SMILES string of the molecule is Cc1cccc(C)c1OCCCOc1cccc(/C=C2/SC(=S)N(C)C2=O)c1. The molecule has 0 unspecified atom stereocenters. The molecule has 28 heavy (non-hydrogen) atoms. The van der Waals surface area contributed by atoms with Crippen LogP contribution in [0.5, 0.6) is 11.5 Å². The molecule has 1 aliphatic heterocycles. The number of carbonyl (C=O) groups is 1. The number of aryl methyl sites for hydroxylation is 2. The first-order valence-corrected chi connectivity index (χ1v) is 10.3. The average Bonchev–Trinajstić information content (AvgIpc) is 2.91. The number of rotatable bonds is 7. The Bertz CT molecular complexity index is 903. The van der Waals surface area contributed by atoms with Crippen LogP contribution in [0.1, 0.15) is 23.1 Å². The van der Waals surface area contributed by atoms with Crippen LogP contribution in [-0.4, -0.2) is 35.4 Å². The highest BCUT2D eigenvalue weighted by Crippen LogP contribution is 2.31. The highest BCUT2D eigenvalue weighted by molar-refractivity contribution is 8.26. The van der Waals surface area contributed by atoms with Crippen molar-refractivity contribution in [3.05, 3.63) is 64.1 Å². The maximum absolute atomic E-state index is 12.1. The van der Waals surface area contributed by atoms with Gasteiger partial charge in [-0.05, 0) is 48.7 Å². The standard InChI is InChI=1S/C22H23NO3S2/c1-15-7-4-8-16(2)20(15)26-12-6-11-25-18-10-5-9-17(13-18)14-19-21(24)23(3)22(27)28-19/h4-5,7-10,13-14H,6,11-12H2,1-3H3/b19-14+. The number of nitrogens with zero attached hydrogens (tertiary/aromatic N) is 1. The fourth-order valence-corrected chi connectivity index (χ4v) is 4.02. The third-order valence-corrected chi connectivity index (χ3v) is 5.84. The lowest BCUT2D eigenvalue weighted by atomic mass is 10.1. The Balaban J connectivity index is 1.51. The van der Waals surface area contributed by atoms with E-state index < -0.39 is 0 Å². The predicted molar refractivity (Wildman–Crippen MR) is 119 cm³/mol. The van der Waals surface area contributed by atoms with Gasteiger partial charge in [0.2, 0.25) is 0 Å². The second-order valence-corrected chi connectivity index (χ2v) is 8.26. The van der Waals surface area contributed by atoms with Gasteiger partial charge in [0.25, 0.3) is 5.91 Å². The molecule has 146 valence electrons. The van der Waals surface area contributed by atoms with E-state index >= 15 is 0 Å². The number of hydrogen-bond acceptors (Lipinski definition) is 5. The highest BCUT2D eigenvalue weighted by Gasteiger charge is 2.28. The van der Waals surface area contributed by atoms with Crippen molar-refractivity contribution in [1.29, 1.82) is 0 Å². The predicted octanol–water partition coefficient (Wildman–Crippen LogP) is 4.98. The van der Waals surface area contributed by atoms with Gasteiger partial charge in [0.05, 0.1) is 18.1 Å². The normalized spacial score (nSPS) is 15.4. The molecule has 0 N–H and O–H groups in total. The van der Waals surface area contributed by atoms with E-state index in [1.807, 2.05) is 36.4 Å². The molecule has 0 radical (unpaired) electrons. The zero-order valence-electron chi connectivity index (χ0n) is 16.2. The maximum atomic E-state index is 12.1. The van der Waals surface area contributed by atoms with Gasteiger partial charge in [0, 0.05) is 13.5 Å². The lowest BCUT2D eigenvalue weighted by molar-refractivity contribution is -0.121. The fourth-order valence-electron chi connectivity index (χ4n) is 2.84.